The topological polar surface area (TPSA) is 43.4 Å². The molecule has 6 bridgehead atoms. The van der Waals surface area contributed by atoms with E-state index in [1.165, 1.54) is 13.3 Å². The van der Waals surface area contributed by atoms with Gasteiger partial charge in [-0.15, -0.1) is 0 Å². The van der Waals surface area contributed by atoms with Crippen molar-refractivity contribution in [1.29, 1.82) is 0 Å². The van der Waals surface area contributed by atoms with Crippen LogP contribution in [0.2, 0.25) is 0 Å². The van der Waals surface area contributed by atoms with Gasteiger partial charge in [0.2, 0.25) is 0 Å². The third-order valence-electron chi connectivity index (χ3n) is 6.40. The van der Waals surface area contributed by atoms with Gasteiger partial charge in [0.1, 0.15) is 11.4 Å². The smallest absolute Gasteiger partial charge is 0.303 e. The third kappa shape index (κ3) is 0.653. The van der Waals surface area contributed by atoms with Crippen molar-refractivity contribution in [3.8, 4) is 0 Å². The van der Waals surface area contributed by atoms with E-state index in [9.17, 15) is 9.59 Å². The average Bonchev–Trinajstić information content (AvgIpc) is 2.93. The van der Waals surface area contributed by atoms with Crippen molar-refractivity contribution in [2.45, 2.75) is 23.8 Å². The summed E-state index contributed by atoms with van der Waals surface area (Å²) in [6.07, 6.45) is 1.21. The number of alkyl halides is 1. The lowest BCUT2D eigenvalue weighted by Crippen LogP contribution is -2.49. The van der Waals surface area contributed by atoms with Crippen molar-refractivity contribution in [2.75, 3.05) is 0 Å². The molecule has 6 fully saturated rings. The summed E-state index contributed by atoms with van der Waals surface area (Å²) in [5.41, 5.74) is -0.458. The average molecular weight is 297 g/mol. The number of ether oxygens (including phenoxy) is 1. The molecule has 0 aliphatic heterocycles. The molecule has 90 valence electrons. The fourth-order valence-corrected chi connectivity index (χ4v) is 8.04. The van der Waals surface area contributed by atoms with E-state index in [4.69, 9.17) is 4.74 Å². The zero-order valence-corrected chi connectivity index (χ0v) is 11.0. The Kier molecular flexibility index (Phi) is 1.32. The highest BCUT2D eigenvalue weighted by Gasteiger charge is 2.91. The number of halogens is 1. The molecule has 6 rings (SSSR count). The van der Waals surface area contributed by atoms with Crippen molar-refractivity contribution >= 4 is 27.7 Å². The number of carbonyl (C=O) groups excluding carboxylic acids is 2. The molecule has 0 saturated heterocycles. The van der Waals surface area contributed by atoms with E-state index in [0.717, 1.165) is 0 Å². The molecule has 6 aliphatic rings. The van der Waals surface area contributed by atoms with E-state index >= 15 is 0 Å². The summed E-state index contributed by atoms with van der Waals surface area (Å²) in [4.78, 5) is 24.1. The monoisotopic (exact) mass is 296 g/mol. The molecule has 1 unspecified atom stereocenters. The maximum atomic E-state index is 12.4. The van der Waals surface area contributed by atoms with Crippen LogP contribution in [0.1, 0.15) is 13.3 Å². The molecule has 0 aromatic carbocycles. The van der Waals surface area contributed by atoms with Crippen LogP contribution in [0, 0.1) is 41.4 Å². The van der Waals surface area contributed by atoms with Gasteiger partial charge in [-0.25, -0.2) is 0 Å². The summed E-state index contributed by atoms with van der Waals surface area (Å²) >= 11 is 3.77. The van der Waals surface area contributed by atoms with Crippen LogP contribution in [0.5, 0.6) is 0 Å². The minimum absolute atomic E-state index is 0.0273. The van der Waals surface area contributed by atoms with Crippen LogP contribution in [0.3, 0.4) is 0 Å². The standard InChI is InChI=1S/C13H13BrO3/c1-3(15)17-13-9-5-2-4-6(7(5)12(13)14)10(13)11(16)8(4)9/h4-10,12H,2H2,1H3/t4-,5+,6?,7+,8+,9-,10+,12-,13-/m0/s1. The largest absolute Gasteiger partial charge is 0.457 e. The quantitative estimate of drug-likeness (QED) is 0.543. The van der Waals surface area contributed by atoms with E-state index in [-0.39, 0.29) is 22.6 Å². The maximum Gasteiger partial charge on any atom is 0.303 e. The summed E-state index contributed by atoms with van der Waals surface area (Å²) < 4.78 is 5.75. The Hall–Kier alpha value is -0.380. The molecule has 0 heterocycles. The Bertz CT molecular complexity index is 489. The lowest BCUT2D eigenvalue weighted by Gasteiger charge is -2.40. The summed E-state index contributed by atoms with van der Waals surface area (Å²) in [5, 5.41) is 0. The second kappa shape index (κ2) is 2.36. The van der Waals surface area contributed by atoms with Gasteiger partial charge in [0.05, 0.1) is 10.7 Å². The molecule has 6 saturated carbocycles. The van der Waals surface area contributed by atoms with Gasteiger partial charge in [0.25, 0.3) is 0 Å². The normalized spacial score (nSPS) is 67.8. The van der Waals surface area contributed by atoms with E-state index in [1.54, 1.807) is 0 Å². The molecule has 0 spiro atoms. The molecular weight excluding hydrogens is 284 g/mol. The zero-order chi connectivity index (χ0) is 11.7. The van der Waals surface area contributed by atoms with Crippen LogP contribution in [0.25, 0.3) is 0 Å². The summed E-state index contributed by atoms with van der Waals surface area (Å²) in [7, 11) is 0. The van der Waals surface area contributed by atoms with Gasteiger partial charge >= 0.3 is 5.97 Å². The van der Waals surface area contributed by atoms with E-state index in [1.807, 2.05) is 0 Å². The van der Waals surface area contributed by atoms with Crippen molar-refractivity contribution in [3.05, 3.63) is 0 Å². The first kappa shape index (κ1) is 9.54. The predicted octanol–water partition coefficient (Wildman–Crippen LogP) is 1.39. The maximum absolute atomic E-state index is 12.4. The van der Waals surface area contributed by atoms with Crippen LogP contribution >= 0.6 is 15.9 Å². The molecule has 3 nitrogen and oxygen atoms in total. The molecule has 0 amide bonds. The Morgan fingerprint density at radius 2 is 2.18 bits per heavy atom. The fourth-order valence-electron chi connectivity index (χ4n) is 6.61. The van der Waals surface area contributed by atoms with Gasteiger partial charge in [-0.1, -0.05) is 15.9 Å². The van der Waals surface area contributed by atoms with E-state index < -0.39 is 5.60 Å². The highest BCUT2D eigenvalue weighted by atomic mass is 79.9. The first-order chi connectivity index (χ1) is 8.09. The SMILES string of the molecule is CC(=O)O[C@]12[C@H]3[C@@H]4C[C@H]5C([C@@H]4[C@@H]1Br)[C@@H]2C(=O)[C@@H]35. The number of carbonyl (C=O) groups is 2. The van der Waals surface area contributed by atoms with Crippen LogP contribution in [0.15, 0.2) is 0 Å². The Morgan fingerprint density at radius 3 is 2.88 bits per heavy atom. The minimum Gasteiger partial charge on any atom is -0.457 e. The van der Waals surface area contributed by atoms with Crippen LogP contribution in [-0.4, -0.2) is 22.2 Å². The lowest BCUT2D eigenvalue weighted by molar-refractivity contribution is -0.167. The zero-order valence-electron chi connectivity index (χ0n) is 9.43. The third-order valence-corrected chi connectivity index (χ3v) is 7.73. The van der Waals surface area contributed by atoms with Crippen molar-refractivity contribution < 1.29 is 14.3 Å². The van der Waals surface area contributed by atoms with Crippen LogP contribution in [-0.2, 0) is 14.3 Å². The minimum atomic E-state index is -0.458. The molecular formula is C13H13BrO3. The van der Waals surface area contributed by atoms with Crippen molar-refractivity contribution in [1.82, 2.24) is 0 Å². The number of esters is 1. The Balaban J connectivity index is 1.77. The molecule has 0 N–H and O–H groups in total. The number of hydrogen-bond acceptors (Lipinski definition) is 3. The molecule has 0 radical (unpaired) electrons. The number of Topliss-reactive ketones (excluding diaryl/α,β-unsaturated/α-hetero) is 1. The van der Waals surface area contributed by atoms with Gasteiger partial charge < -0.3 is 4.74 Å². The summed E-state index contributed by atoms with van der Waals surface area (Å²) in [6, 6.07) is 0. The van der Waals surface area contributed by atoms with Gasteiger partial charge in [-0.2, -0.15) is 0 Å². The molecule has 17 heavy (non-hydrogen) atoms. The molecule has 9 atom stereocenters. The molecule has 0 aromatic heterocycles. The second-order valence-electron chi connectivity index (χ2n) is 6.50. The van der Waals surface area contributed by atoms with Crippen molar-refractivity contribution in [2.24, 2.45) is 41.4 Å². The van der Waals surface area contributed by atoms with Crippen LogP contribution in [0.4, 0.5) is 0 Å². The van der Waals surface area contributed by atoms with Gasteiger partial charge in [0.15, 0.2) is 0 Å². The van der Waals surface area contributed by atoms with E-state index in [0.29, 0.717) is 35.4 Å². The lowest BCUT2D eigenvalue weighted by atomic mass is 9.69. The molecule has 4 heteroatoms. The highest BCUT2D eigenvalue weighted by molar-refractivity contribution is 9.09. The number of ketones is 1. The first-order valence-electron chi connectivity index (χ1n) is 6.46. The van der Waals surface area contributed by atoms with Crippen molar-refractivity contribution in [3.63, 3.8) is 0 Å². The number of hydrogen-bond donors (Lipinski definition) is 0. The summed E-state index contributed by atoms with van der Waals surface area (Å²) in [5.74, 6) is 3.17. The van der Waals surface area contributed by atoms with Gasteiger partial charge in [0, 0.05) is 18.8 Å². The summed E-state index contributed by atoms with van der Waals surface area (Å²) in [6.45, 7) is 1.47. The highest BCUT2D eigenvalue weighted by Crippen LogP contribution is 2.84. The fraction of sp³-hybridized carbons (Fsp3) is 0.846. The van der Waals surface area contributed by atoms with Gasteiger partial charge in [-0.3, -0.25) is 9.59 Å². The Labute approximate surface area is 107 Å². The second-order valence-corrected chi connectivity index (χ2v) is 7.49. The van der Waals surface area contributed by atoms with E-state index in [2.05, 4.69) is 15.9 Å². The molecule has 6 aliphatic carbocycles. The predicted molar refractivity (Wildman–Crippen MR) is 61.3 cm³/mol. The van der Waals surface area contributed by atoms with Gasteiger partial charge in [-0.05, 0) is 30.1 Å². The molecule has 0 aromatic rings. The Morgan fingerprint density at radius 1 is 1.41 bits per heavy atom. The number of rotatable bonds is 1. The van der Waals surface area contributed by atoms with Crippen LogP contribution < -0.4 is 0 Å². The first-order valence-corrected chi connectivity index (χ1v) is 7.38.